The van der Waals surface area contributed by atoms with Crippen LogP contribution in [0.3, 0.4) is 0 Å². The maximum Gasteiger partial charge on any atom is 0.327 e. The van der Waals surface area contributed by atoms with Crippen molar-refractivity contribution in [1.29, 1.82) is 0 Å². The number of β-lactam (4-membered cyclic amide) rings is 1. The molecule has 1 saturated carbocycles. The fourth-order valence-corrected chi connectivity index (χ4v) is 7.66. The number of carbonyl (C=O) groups excluding carboxylic acids is 2. The van der Waals surface area contributed by atoms with Gasteiger partial charge in [-0.05, 0) is 56.8 Å². The molecule has 2 N–H and O–H groups in total. The average molecular weight is 483 g/mol. The number of thioether (sulfide) groups is 1. The Hall–Kier alpha value is -1.28. The number of fused-ring (bicyclic) bond motifs is 1. The topological polar surface area (TPSA) is 95.9 Å². The normalized spacial score (nSPS) is 35.2. The van der Waals surface area contributed by atoms with Gasteiger partial charge in [0.05, 0.1) is 6.10 Å². The van der Waals surface area contributed by atoms with Crippen LogP contribution in [0.2, 0.25) is 0 Å². The number of hydrogen-bond acceptors (Lipinski definition) is 5. The number of ether oxygens (including phenoxy) is 1. The number of rotatable bonds is 8. The van der Waals surface area contributed by atoms with Crippen LogP contribution in [-0.2, 0) is 19.1 Å². The third kappa shape index (κ3) is 4.54. The second kappa shape index (κ2) is 9.40. The molecular formula is C25H42N2O5S. The maximum atomic E-state index is 13.8. The van der Waals surface area contributed by atoms with Crippen molar-refractivity contribution in [3.05, 3.63) is 0 Å². The molecule has 0 unspecified atom stereocenters. The third-order valence-electron chi connectivity index (χ3n) is 8.13. The Balaban J connectivity index is 1.81. The Morgan fingerprint density at radius 1 is 1.27 bits per heavy atom. The van der Waals surface area contributed by atoms with Crippen molar-refractivity contribution in [3.8, 4) is 0 Å². The fraction of sp³-hybridized carbons (Fsp3) is 0.880. The molecule has 188 valence electrons. The molecule has 33 heavy (non-hydrogen) atoms. The van der Waals surface area contributed by atoms with Gasteiger partial charge in [0.25, 0.3) is 5.91 Å². The van der Waals surface area contributed by atoms with Crippen LogP contribution >= 0.6 is 11.8 Å². The first-order chi connectivity index (χ1) is 15.3. The van der Waals surface area contributed by atoms with Crippen LogP contribution in [-0.4, -0.2) is 61.7 Å². The van der Waals surface area contributed by atoms with Gasteiger partial charge in [-0.1, -0.05) is 48.0 Å². The first-order valence-electron chi connectivity index (χ1n) is 12.5. The molecule has 3 fully saturated rings. The molecule has 0 radical (unpaired) electrons. The van der Waals surface area contributed by atoms with Crippen LogP contribution in [0.15, 0.2) is 0 Å². The zero-order valence-electron chi connectivity index (χ0n) is 21.4. The summed E-state index contributed by atoms with van der Waals surface area (Å²) in [6, 6.07) is -1.61. The zero-order chi connectivity index (χ0) is 24.9. The molecule has 0 aromatic heterocycles. The van der Waals surface area contributed by atoms with E-state index in [4.69, 9.17) is 4.74 Å². The highest BCUT2D eigenvalue weighted by Gasteiger charge is 2.64. The van der Waals surface area contributed by atoms with Crippen molar-refractivity contribution in [2.75, 3.05) is 0 Å². The van der Waals surface area contributed by atoms with E-state index in [-0.39, 0.29) is 29.2 Å². The predicted octanol–water partition coefficient (Wildman–Crippen LogP) is 3.90. The Kier molecular flexibility index (Phi) is 7.50. The monoisotopic (exact) mass is 482 g/mol. The van der Waals surface area contributed by atoms with E-state index in [1.165, 1.54) is 23.1 Å². The molecule has 0 aromatic rings. The number of amides is 2. The summed E-state index contributed by atoms with van der Waals surface area (Å²) in [5.41, 5.74) is -1.03. The Labute approximate surface area is 202 Å². The van der Waals surface area contributed by atoms with Gasteiger partial charge in [-0.15, -0.1) is 11.8 Å². The van der Waals surface area contributed by atoms with Crippen molar-refractivity contribution in [2.24, 2.45) is 23.7 Å². The van der Waals surface area contributed by atoms with Crippen LogP contribution in [0.25, 0.3) is 0 Å². The number of carbonyl (C=O) groups is 3. The number of hydrogen-bond donors (Lipinski definition) is 2. The molecule has 0 bridgehead atoms. The summed E-state index contributed by atoms with van der Waals surface area (Å²) in [5.74, 6) is -0.219. The van der Waals surface area contributed by atoms with Gasteiger partial charge in [-0.3, -0.25) is 9.59 Å². The van der Waals surface area contributed by atoms with Gasteiger partial charge < -0.3 is 20.1 Å². The van der Waals surface area contributed by atoms with Gasteiger partial charge in [0, 0.05) is 4.75 Å². The molecule has 1 aliphatic carbocycles. The second-order valence-electron chi connectivity index (χ2n) is 11.4. The van der Waals surface area contributed by atoms with Crippen LogP contribution in [0.1, 0.15) is 81.1 Å². The van der Waals surface area contributed by atoms with Crippen LogP contribution < -0.4 is 5.32 Å². The smallest absolute Gasteiger partial charge is 0.327 e. The van der Waals surface area contributed by atoms with Gasteiger partial charge in [0.15, 0.2) is 0 Å². The summed E-state index contributed by atoms with van der Waals surface area (Å²) in [7, 11) is 0. The minimum atomic E-state index is -1.03. The molecule has 2 saturated heterocycles. The summed E-state index contributed by atoms with van der Waals surface area (Å²) in [6.07, 6.45) is 3.74. The summed E-state index contributed by atoms with van der Waals surface area (Å²) in [4.78, 5) is 39.9. The first kappa shape index (κ1) is 26.3. The van der Waals surface area contributed by atoms with Gasteiger partial charge in [-0.2, -0.15) is 0 Å². The molecule has 2 aliphatic heterocycles. The molecule has 0 aromatic carbocycles. The highest BCUT2D eigenvalue weighted by Crippen LogP contribution is 2.51. The van der Waals surface area contributed by atoms with Crippen molar-refractivity contribution in [2.45, 2.75) is 115 Å². The Bertz CT molecular complexity index is 785. The molecule has 7 atom stereocenters. The molecule has 7 nitrogen and oxygen atoms in total. The number of carboxylic acids is 1. The van der Waals surface area contributed by atoms with Crippen molar-refractivity contribution in [1.82, 2.24) is 10.2 Å². The minimum absolute atomic E-state index is 0.00613. The van der Waals surface area contributed by atoms with Gasteiger partial charge >= 0.3 is 5.97 Å². The van der Waals surface area contributed by atoms with E-state index >= 15 is 0 Å². The first-order valence-corrected chi connectivity index (χ1v) is 13.4. The highest BCUT2D eigenvalue weighted by atomic mass is 32.2. The van der Waals surface area contributed by atoms with E-state index in [0.29, 0.717) is 24.2 Å². The van der Waals surface area contributed by atoms with E-state index in [2.05, 4.69) is 26.1 Å². The third-order valence-corrected chi connectivity index (χ3v) is 9.70. The molecule has 2 heterocycles. The maximum absolute atomic E-state index is 13.8. The largest absolute Gasteiger partial charge is 0.480 e. The lowest BCUT2D eigenvalue weighted by atomic mass is 9.74. The lowest BCUT2D eigenvalue weighted by molar-refractivity contribution is -0.184. The number of nitrogens with one attached hydrogen (secondary N) is 1. The average Bonchev–Trinajstić information content (AvgIpc) is 2.97. The highest BCUT2D eigenvalue weighted by molar-refractivity contribution is 8.01. The van der Waals surface area contributed by atoms with Gasteiger partial charge in [-0.25, -0.2) is 4.79 Å². The number of aliphatic carboxylic acids is 1. The van der Waals surface area contributed by atoms with Crippen molar-refractivity contribution in [3.63, 3.8) is 0 Å². The number of carboxylic acid groups (broad SMARTS) is 1. The van der Waals surface area contributed by atoms with E-state index in [1.807, 2.05) is 34.6 Å². The van der Waals surface area contributed by atoms with Crippen LogP contribution in [0.5, 0.6) is 0 Å². The fourth-order valence-electron chi connectivity index (χ4n) is 6.03. The summed E-state index contributed by atoms with van der Waals surface area (Å²) in [6.45, 7) is 16.3. The summed E-state index contributed by atoms with van der Waals surface area (Å²) >= 11 is 1.44. The summed E-state index contributed by atoms with van der Waals surface area (Å²) in [5, 5.41) is 12.3. The van der Waals surface area contributed by atoms with E-state index in [9.17, 15) is 19.5 Å². The van der Waals surface area contributed by atoms with Gasteiger partial charge in [0.1, 0.15) is 23.1 Å². The van der Waals surface area contributed by atoms with E-state index in [0.717, 1.165) is 12.8 Å². The van der Waals surface area contributed by atoms with E-state index < -0.39 is 28.4 Å². The molecule has 3 rings (SSSR count). The van der Waals surface area contributed by atoms with Gasteiger partial charge in [0.2, 0.25) is 5.91 Å². The second-order valence-corrected chi connectivity index (χ2v) is 13.2. The molecule has 0 spiro atoms. The summed E-state index contributed by atoms with van der Waals surface area (Å²) < 4.78 is 6.15. The lowest BCUT2D eigenvalue weighted by Gasteiger charge is -2.47. The van der Waals surface area contributed by atoms with Crippen LogP contribution in [0, 0.1) is 23.7 Å². The zero-order valence-corrected chi connectivity index (χ0v) is 22.2. The standard InChI is InChI=1S/C25H42N2O5S/c1-9-25(14(4)5,32-17-12-15(6)10-11-16(17)13(2)3)23(31)26-18-20(28)27-19(22(29)30)24(7,8)33-21(18)27/h13-19,21H,9-12H2,1-8H3,(H,26,31)(H,29,30)/t15-,16-,17-,18-,19-,21-,25-/m1/s1. The Morgan fingerprint density at radius 2 is 1.91 bits per heavy atom. The Morgan fingerprint density at radius 3 is 2.42 bits per heavy atom. The van der Waals surface area contributed by atoms with E-state index in [1.54, 1.807) is 0 Å². The number of nitrogens with zero attached hydrogens (tertiary/aromatic N) is 1. The molecular weight excluding hydrogens is 440 g/mol. The minimum Gasteiger partial charge on any atom is -0.480 e. The molecule has 2 amide bonds. The van der Waals surface area contributed by atoms with Crippen molar-refractivity contribution >= 4 is 29.5 Å². The quantitative estimate of drug-likeness (QED) is 0.510. The van der Waals surface area contributed by atoms with Crippen LogP contribution in [0.4, 0.5) is 0 Å². The molecule has 8 heteroatoms. The SMILES string of the molecule is CC[C@](O[C@@H]1C[C@H](C)CC[C@@H]1C(C)C)(C(=O)N[C@@H]1C(=O)N2[C@@H]1SC(C)(C)[C@H]2C(=O)O)C(C)C. The lowest BCUT2D eigenvalue weighted by Crippen LogP contribution is -2.72. The molecule has 3 aliphatic rings. The predicted molar refractivity (Wildman–Crippen MR) is 130 cm³/mol. The van der Waals surface area contributed by atoms with Crippen molar-refractivity contribution < 1.29 is 24.2 Å².